The topological polar surface area (TPSA) is 68.2 Å². The van der Waals surface area contributed by atoms with Crippen LogP contribution in [0.4, 0.5) is 0 Å². The van der Waals surface area contributed by atoms with E-state index in [0.717, 1.165) is 53.7 Å². The summed E-state index contributed by atoms with van der Waals surface area (Å²) >= 11 is 0. The normalized spacial score (nSPS) is 22.9. The standard InChI is InChI=1S/C35H44O5/c1-8-9-10-17-39-29-20-25(19-28(36)27(29)14-11-23(2)3)13-12-24-18-26-22-31-34(4,5)32(37)15-16-35(31,6)40-33(26)30(21-24)38-7/h1,11-13,18-21,31-32,36-37H,9-10,14-17,22H2,2-7H3/b13-12+/t31-,32-,35-/m1/s1. The van der Waals surface area contributed by atoms with Crippen LogP contribution in [0.3, 0.4) is 0 Å². The fourth-order valence-electron chi connectivity index (χ4n) is 6.18. The Morgan fingerprint density at radius 2 is 1.82 bits per heavy atom. The maximum Gasteiger partial charge on any atom is 0.165 e. The van der Waals surface area contributed by atoms with Crippen LogP contribution in [0.5, 0.6) is 23.0 Å². The highest BCUT2D eigenvalue weighted by atomic mass is 16.5. The Labute approximate surface area is 239 Å². The van der Waals surface area contributed by atoms with E-state index in [2.05, 4.69) is 38.8 Å². The minimum Gasteiger partial charge on any atom is -0.507 e. The van der Waals surface area contributed by atoms with Crippen molar-refractivity contribution in [1.82, 2.24) is 0 Å². The largest absolute Gasteiger partial charge is 0.507 e. The van der Waals surface area contributed by atoms with E-state index in [1.165, 1.54) is 5.57 Å². The quantitative estimate of drug-likeness (QED) is 0.149. The molecule has 40 heavy (non-hydrogen) atoms. The van der Waals surface area contributed by atoms with Gasteiger partial charge in [0.1, 0.15) is 17.1 Å². The zero-order chi connectivity index (χ0) is 29.1. The minimum absolute atomic E-state index is 0.180. The number of hydrogen-bond donors (Lipinski definition) is 2. The summed E-state index contributed by atoms with van der Waals surface area (Å²) in [5, 5.41) is 21.7. The third-order valence-electron chi connectivity index (χ3n) is 8.65. The van der Waals surface area contributed by atoms with E-state index in [9.17, 15) is 10.2 Å². The summed E-state index contributed by atoms with van der Waals surface area (Å²) in [6.07, 6.45) is 15.5. The summed E-state index contributed by atoms with van der Waals surface area (Å²) in [5.41, 5.74) is 4.24. The van der Waals surface area contributed by atoms with Crippen LogP contribution < -0.4 is 14.2 Å². The van der Waals surface area contributed by atoms with Crippen LogP contribution in [0, 0.1) is 23.7 Å². The van der Waals surface area contributed by atoms with Crippen molar-refractivity contribution in [2.75, 3.05) is 13.7 Å². The molecule has 0 amide bonds. The number of aromatic hydroxyl groups is 1. The molecule has 2 aliphatic rings. The second-order valence-corrected chi connectivity index (χ2v) is 12.3. The Morgan fingerprint density at radius 1 is 1.12 bits per heavy atom. The first-order valence-corrected chi connectivity index (χ1v) is 14.3. The van der Waals surface area contributed by atoms with E-state index in [1.807, 2.05) is 38.1 Å². The molecule has 1 saturated carbocycles. The fraction of sp³-hybridized carbons (Fsp3) is 0.486. The average molecular weight is 545 g/mol. The SMILES string of the molecule is C#CCCCOc1cc(/C=C/c2cc3c(c(OC)c2)O[C@]2(C)CC[C@@H](O)C(C)(C)[C@H]2C3)cc(O)c1CC=C(C)C. The lowest BCUT2D eigenvalue weighted by Gasteiger charge is -2.55. The number of fused-ring (bicyclic) bond motifs is 2. The molecule has 2 N–H and O–H groups in total. The molecular formula is C35H44O5. The summed E-state index contributed by atoms with van der Waals surface area (Å²) in [6, 6.07) is 7.87. The van der Waals surface area contributed by atoms with Gasteiger partial charge in [-0.1, -0.05) is 37.6 Å². The first-order chi connectivity index (χ1) is 19.0. The lowest BCUT2D eigenvalue weighted by molar-refractivity contribution is -0.138. The number of terminal acetylenes is 1. The lowest BCUT2D eigenvalue weighted by Crippen LogP contribution is -2.58. The molecule has 5 nitrogen and oxygen atoms in total. The molecule has 0 radical (unpaired) electrons. The van der Waals surface area contributed by atoms with E-state index in [1.54, 1.807) is 13.2 Å². The fourth-order valence-corrected chi connectivity index (χ4v) is 6.18. The number of unbranched alkanes of at least 4 members (excludes halogenated alkanes) is 1. The molecular weight excluding hydrogens is 500 g/mol. The second-order valence-electron chi connectivity index (χ2n) is 12.3. The number of hydrogen-bond acceptors (Lipinski definition) is 5. The Kier molecular flexibility index (Phi) is 8.90. The molecule has 0 aromatic heterocycles. The zero-order valence-corrected chi connectivity index (χ0v) is 24.8. The predicted molar refractivity (Wildman–Crippen MR) is 162 cm³/mol. The van der Waals surface area contributed by atoms with Gasteiger partial charge in [-0.3, -0.25) is 0 Å². The summed E-state index contributed by atoms with van der Waals surface area (Å²) in [4.78, 5) is 0. The maximum absolute atomic E-state index is 10.9. The smallest absolute Gasteiger partial charge is 0.165 e. The van der Waals surface area contributed by atoms with E-state index >= 15 is 0 Å². The number of phenolic OH excluding ortho intramolecular Hbond substituents is 1. The van der Waals surface area contributed by atoms with Gasteiger partial charge >= 0.3 is 0 Å². The molecule has 1 fully saturated rings. The van der Waals surface area contributed by atoms with Crippen LogP contribution in [-0.2, 0) is 12.8 Å². The summed E-state index contributed by atoms with van der Waals surface area (Å²) in [7, 11) is 1.67. The number of benzene rings is 2. The molecule has 2 aromatic carbocycles. The number of rotatable bonds is 9. The molecule has 1 aliphatic heterocycles. The van der Waals surface area contributed by atoms with Gasteiger partial charge in [0.25, 0.3) is 0 Å². The van der Waals surface area contributed by atoms with Gasteiger partial charge in [0.05, 0.1) is 19.8 Å². The van der Waals surface area contributed by atoms with Crippen molar-refractivity contribution in [1.29, 1.82) is 0 Å². The van der Waals surface area contributed by atoms with E-state index in [0.29, 0.717) is 30.9 Å². The van der Waals surface area contributed by atoms with Gasteiger partial charge in [-0.2, -0.15) is 0 Å². The molecule has 3 atom stereocenters. The van der Waals surface area contributed by atoms with Crippen molar-refractivity contribution >= 4 is 12.2 Å². The van der Waals surface area contributed by atoms with Crippen LogP contribution >= 0.6 is 0 Å². The Hall–Kier alpha value is -3.36. The number of methoxy groups -OCH3 is 1. The number of phenols is 1. The van der Waals surface area contributed by atoms with Crippen LogP contribution in [0.15, 0.2) is 35.9 Å². The third kappa shape index (κ3) is 6.18. The molecule has 0 spiro atoms. The Morgan fingerprint density at radius 3 is 2.50 bits per heavy atom. The molecule has 1 heterocycles. The van der Waals surface area contributed by atoms with Gasteiger partial charge in [0, 0.05) is 17.9 Å². The molecule has 2 aromatic rings. The molecule has 5 heteroatoms. The molecule has 0 bridgehead atoms. The van der Waals surface area contributed by atoms with Crippen LogP contribution in [-0.4, -0.2) is 35.6 Å². The maximum atomic E-state index is 10.9. The number of aliphatic hydroxyl groups is 1. The van der Waals surface area contributed by atoms with E-state index in [-0.39, 0.29) is 28.8 Å². The molecule has 214 valence electrons. The Balaban J connectivity index is 1.65. The van der Waals surface area contributed by atoms with Gasteiger partial charge in [-0.25, -0.2) is 0 Å². The highest BCUT2D eigenvalue weighted by Gasteiger charge is 2.54. The van der Waals surface area contributed by atoms with Crippen molar-refractivity contribution in [2.24, 2.45) is 11.3 Å². The first kappa shape index (κ1) is 29.6. The Bertz CT molecular complexity index is 1320. The van der Waals surface area contributed by atoms with Crippen molar-refractivity contribution in [3.8, 4) is 35.3 Å². The molecule has 0 saturated heterocycles. The predicted octanol–water partition coefficient (Wildman–Crippen LogP) is 7.36. The van der Waals surface area contributed by atoms with Crippen LogP contribution in [0.2, 0.25) is 0 Å². The van der Waals surface area contributed by atoms with E-state index in [4.69, 9.17) is 20.6 Å². The van der Waals surface area contributed by atoms with Gasteiger partial charge < -0.3 is 24.4 Å². The molecule has 0 unspecified atom stereocenters. The van der Waals surface area contributed by atoms with Gasteiger partial charge in [0.15, 0.2) is 11.5 Å². The summed E-state index contributed by atoms with van der Waals surface area (Å²) < 4.78 is 18.5. The summed E-state index contributed by atoms with van der Waals surface area (Å²) in [5.74, 6) is 5.21. The highest BCUT2D eigenvalue weighted by molar-refractivity contribution is 5.74. The molecule has 4 rings (SSSR count). The monoisotopic (exact) mass is 544 g/mol. The van der Waals surface area contributed by atoms with Gasteiger partial charge in [-0.05, 0) is 99.2 Å². The zero-order valence-electron chi connectivity index (χ0n) is 24.8. The number of ether oxygens (including phenoxy) is 3. The van der Waals surface area contributed by atoms with Crippen molar-refractivity contribution in [3.05, 3.63) is 58.2 Å². The number of allylic oxidation sites excluding steroid dienone is 2. The van der Waals surface area contributed by atoms with Crippen molar-refractivity contribution < 1.29 is 24.4 Å². The number of aliphatic hydroxyl groups excluding tert-OH is 1. The molecule has 1 aliphatic carbocycles. The first-order valence-electron chi connectivity index (χ1n) is 14.3. The third-order valence-corrected chi connectivity index (χ3v) is 8.65. The van der Waals surface area contributed by atoms with Crippen molar-refractivity contribution in [3.63, 3.8) is 0 Å². The minimum atomic E-state index is -0.351. The van der Waals surface area contributed by atoms with Gasteiger partial charge in [-0.15, -0.1) is 12.3 Å². The van der Waals surface area contributed by atoms with Crippen LogP contribution in [0.25, 0.3) is 12.2 Å². The van der Waals surface area contributed by atoms with Crippen molar-refractivity contribution in [2.45, 2.75) is 84.8 Å². The lowest BCUT2D eigenvalue weighted by atomic mass is 9.57. The van der Waals surface area contributed by atoms with E-state index < -0.39 is 0 Å². The second kappa shape index (κ2) is 12.0. The highest BCUT2D eigenvalue weighted by Crippen LogP contribution is 2.55. The average Bonchev–Trinajstić information content (AvgIpc) is 2.90. The van der Waals surface area contributed by atoms with Crippen LogP contribution in [0.1, 0.15) is 82.6 Å². The van der Waals surface area contributed by atoms with Gasteiger partial charge in [0.2, 0.25) is 0 Å². The summed E-state index contributed by atoms with van der Waals surface area (Å²) in [6.45, 7) is 11.0.